The standard InChI is InChI=1S/C22H17FN4OS/c1-27-13-12-24-21(27)20-19(16-7-3-2-4-8-16)26-22(29-20)25-18(28)11-10-15-6-5-9-17(23)14-15/h2-14H,1H3,(H,25,26,28)/b11-10+. The summed E-state index contributed by atoms with van der Waals surface area (Å²) in [6.07, 6.45) is 6.51. The van der Waals surface area contributed by atoms with Crippen molar-refractivity contribution in [2.24, 2.45) is 7.05 Å². The van der Waals surface area contributed by atoms with Crippen LogP contribution >= 0.6 is 11.3 Å². The van der Waals surface area contributed by atoms with Crippen LogP contribution in [-0.4, -0.2) is 20.4 Å². The lowest BCUT2D eigenvalue weighted by Crippen LogP contribution is -2.07. The van der Waals surface area contributed by atoms with Gasteiger partial charge >= 0.3 is 0 Å². The minimum absolute atomic E-state index is 0.339. The van der Waals surface area contributed by atoms with Gasteiger partial charge in [0.2, 0.25) is 5.91 Å². The molecule has 0 unspecified atom stereocenters. The smallest absolute Gasteiger partial charge is 0.250 e. The molecular formula is C22H17FN4OS. The number of benzene rings is 2. The van der Waals surface area contributed by atoms with Gasteiger partial charge in [0.1, 0.15) is 5.82 Å². The lowest BCUT2D eigenvalue weighted by Gasteiger charge is -2.02. The van der Waals surface area contributed by atoms with Crippen molar-refractivity contribution < 1.29 is 9.18 Å². The Kier molecular flexibility index (Phi) is 5.31. The third-order valence-electron chi connectivity index (χ3n) is 4.20. The number of hydrogen-bond donors (Lipinski definition) is 1. The summed E-state index contributed by atoms with van der Waals surface area (Å²) in [4.78, 5) is 22.3. The molecule has 0 saturated carbocycles. The lowest BCUT2D eigenvalue weighted by atomic mass is 10.1. The summed E-state index contributed by atoms with van der Waals surface area (Å²) in [6.45, 7) is 0. The first-order valence-electron chi connectivity index (χ1n) is 8.89. The van der Waals surface area contributed by atoms with Crippen molar-refractivity contribution >= 4 is 28.5 Å². The summed E-state index contributed by atoms with van der Waals surface area (Å²) < 4.78 is 15.2. The fourth-order valence-corrected chi connectivity index (χ4v) is 3.86. The van der Waals surface area contributed by atoms with E-state index in [4.69, 9.17) is 0 Å². The van der Waals surface area contributed by atoms with E-state index >= 15 is 0 Å². The predicted octanol–water partition coefficient (Wildman–Crippen LogP) is 5.00. The number of hydrogen-bond acceptors (Lipinski definition) is 4. The first-order valence-corrected chi connectivity index (χ1v) is 9.70. The maximum absolute atomic E-state index is 13.3. The van der Waals surface area contributed by atoms with Gasteiger partial charge in [-0.3, -0.25) is 10.1 Å². The minimum atomic E-state index is -0.348. The van der Waals surface area contributed by atoms with Gasteiger partial charge in [0.25, 0.3) is 0 Å². The van der Waals surface area contributed by atoms with E-state index in [9.17, 15) is 9.18 Å². The zero-order valence-electron chi connectivity index (χ0n) is 15.5. The molecule has 0 spiro atoms. The number of imidazole rings is 1. The van der Waals surface area contributed by atoms with Crippen LogP contribution in [0.2, 0.25) is 0 Å². The van der Waals surface area contributed by atoms with Gasteiger partial charge in [0.15, 0.2) is 11.0 Å². The average Bonchev–Trinajstić information content (AvgIpc) is 3.33. The molecule has 4 rings (SSSR count). The second-order valence-electron chi connectivity index (χ2n) is 6.30. The Bertz CT molecular complexity index is 1180. The van der Waals surface area contributed by atoms with Crippen molar-refractivity contribution in [1.29, 1.82) is 0 Å². The number of rotatable bonds is 5. The highest BCUT2D eigenvalue weighted by atomic mass is 32.1. The zero-order valence-corrected chi connectivity index (χ0v) is 16.4. The van der Waals surface area contributed by atoms with Crippen LogP contribution in [0.3, 0.4) is 0 Å². The molecule has 5 nitrogen and oxygen atoms in total. The van der Waals surface area contributed by atoms with Crippen LogP contribution in [0.4, 0.5) is 9.52 Å². The SMILES string of the molecule is Cn1ccnc1-c1sc(NC(=O)/C=C/c2cccc(F)c2)nc1-c1ccccc1. The Labute approximate surface area is 171 Å². The van der Waals surface area contributed by atoms with Gasteiger partial charge in [-0.1, -0.05) is 53.8 Å². The second-order valence-corrected chi connectivity index (χ2v) is 7.30. The Morgan fingerprint density at radius 3 is 2.72 bits per heavy atom. The molecule has 2 heterocycles. The highest BCUT2D eigenvalue weighted by molar-refractivity contribution is 7.19. The Morgan fingerprint density at radius 2 is 2.00 bits per heavy atom. The van der Waals surface area contributed by atoms with Crippen LogP contribution in [-0.2, 0) is 11.8 Å². The molecule has 0 atom stereocenters. The normalized spacial score (nSPS) is 11.1. The van der Waals surface area contributed by atoms with E-state index in [1.54, 1.807) is 24.4 Å². The number of anilines is 1. The molecule has 0 fully saturated rings. The molecule has 2 aromatic heterocycles. The van der Waals surface area contributed by atoms with E-state index in [0.717, 1.165) is 22.0 Å². The van der Waals surface area contributed by atoms with E-state index in [1.165, 1.54) is 29.5 Å². The summed E-state index contributed by atoms with van der Waals surface area (Å²) in [5.74, 6) is 0.0888. The van der Waals surface area contributed by atoms with E-state index in [2.05, 4.69) is 15.3 Å². The molecule has 2 aromatic carbocycles. The van der Waals surface area contributed by atoms with Crippen LogP contribution in [0.5, 0.6) is 0 Å². The molecule has 0 saturated heterocycles. The molecule has 0 aliphatic rings. The summed E-state index contributed by atoms with van der Waals surface area (Å²) in [5.41, 5.74) is 2.31. The second kappa shape index (κ2) is 8.20. The summed E-state index contributed by atoms with van der Waals surface area (Å²) in [7, 11) is 1.91. The maximum atomic E-state index is 13.3. The Hall–Kier alpha value is -3.58. The molecule has 7 heteroatoms. The molecule has 29 heavy (non-hydrogen) atoms. The van der Waals surface area contributed by atoms with Crippen molar-refractivity contribution in [3.05, 3.63) is 84.4 Å². The van der Waals surface area contributed by atoms with Gasteiger partial charge < -0.3 is 4.57 Å². The highest BCUT2D eigenvalue weighted by Gasteiger charge is 2.18. The molecule has 1 amide bonds. The molecule has 0 bridgehead atoms. The van der Waals surface area contributed by atoms with Crippen LogP contribution in [0.1, 0.15) is 5.56 Å². The van der Waals surface area contributed by atoms with Crippen molar-refractivity contribution in [2.75, 3.05) is 5.32 Å². The quantitative estimate of drug-likeness (QED) is 0.476. The van der Waals surface area contributed by atoms with Gasteiger partial charge in [-0.05, 0) is 23.8 Å². The van der Waals surface area contributed by atoms with Crippen LogP contribution in [0.15, 0.2) is 73.1 Å². The first kappa shape index (κ1) is 18.8. The van der Waals surface area contributed by atoms with Crippen LogP contribution in [0, 0.1) is 5.82 Å². The molecule has 4 aromatic rings. The lowest BCUT2D eigenvalue weighted by molar-refractivity contribution is -0.111. The number of carbonyl (C=O) groups is 1. The fraction of sp³-hybridized carbons (Fsp3) is 0.0455. The average molecular weight is 404 g/mol. The van der Waals surface area contributed by atoms with Gasteiger partial charge in [0, 0.05) is 31.1 Å². The number of nitrogens with one attached hydrogen (secondary N) is 1. The number of aryl methyl sites for hydroxylation is 1. The van der Waals surface area contributed by atoms with E-state index in [0.29, 0.717) is 10.7 Å². The van der Waals surface area contributed by atoms with Gasteiger partial charge in [0.05, 0.1) is 10.6 Å². The third-order valence-corrected chi connectivity index (χ3v) is 5.17. The van der Waals surface area contributed by atoms with E-state index in [-0.39, 0.29) is 11.7 Å². The van der Waals surface area contributed by atoms with Gasteiger partial charge in [-0.15, -0.1) is 0 Å². The monoisotopic (exact) mass is 404 g/mol. The molecule has 0 aliphatic carbocycles. The molecule has 0 aliphatic heterocycles. The van der Waals surface area contributed by atoms with Gasteiger partial charge in [-0.2, -0.15) is 0 Å². The largest absolute Gasteiger partial charge is 0.333 e. The summed E-state index contributed by atoms with van der Waals surface area (Å²) >= 11 is 1.36. The molecular weight excluding hydrogens is 387 g/mol. The van der Waals surface area contributed by atoms with Crippen molar-refractivity contribution in [2.45, 2.75) is 0 Å². The van der Waals surface area contributed by atoms with Crippen LogP contribution in [0.25, 0.3) is 28.0 Å². The Morgan fingerprint density at radius 1 is 1.17 bits per heavy atom. The molecule has 1 N–H and O–H groups in total. The van der Waals surface area contributed by atoms with Crippen molar-refractivity contribution in [3.63, 3.8) is 0 Å². The maximum Gasteiger partial charge on any atom is 0.250 e. The summed E-state index contributed by atoms with van der Waals surface area (Å²) in [5, 5.41) is 3.26. The van der Waals surface area contributed by atoms with E-state index in [1.807, 2.05) is 48.1 Å². The zero-order chi connectivity index (χ0) is 20.2. The number of carbonyl (C=O) groups excluding carboxylic acids is 1. The first-order chi connectivity index (χ1) is 14.1. The van der Waals surface area contributed by atoms with Crippen LogP contribution < -0.4 is 5.32 Å². The number of thiazole rings is 1. The number of nitrogens with zero attached hydrogens (tertiary/aromatic N) is 3. The molecule has 0 radical (unpaired) electrons. The molecule has 144 valence electrons. The number of amides is 1. The van der Waals surface area contributed by atoms with Crippen molar-refractivity contribution in [1.82, 2.24) is 14.5 Å². The van der Waals surface area contributed by atoms with Gasteiger partial charge in [-0.25, -0.2) is 14.4 Å². The predicted molar refractivity (Wildman–Crippen MR) is 114 cm³/mol. The Balaban J connectivity index is 1.62. The topological polar surface area (TPSA) is 59.8 Å². The van der Waals surface area contributed by atoms with E-state index < -0.39 is 0 Å². The number of halogens is 1. The number of aromatic nitrogens is 3. The third kappa shape index (κ3) is 4.30. The summed E-state index contributed by atoms with van der Waals surface area (Å²) in [6, 6.07) is 15.8. The fourth-order valence-electron chi connectivity index (χ4n) is 2.83. The highest BCUT2D eigenvalue weighted by Crippen LogP contribution is 2.38. The van der Waals surface area contributed by atoms with Crippen molar-refractivity contribution in [3.8, 4) is 22.0 Å². The minimum Gasteiger partial charge on any atom is -0.333 e.